The molecular formula is C21H20ClN3O2. The number of anilines is 1. The SMILES string of the molecule is CCc1ccccc1NC(=O)Cn1c(-c2cccc(Cl)c2)nc(C)cc1=O. The number of aryl methyl sites for hydroxylation is 2. The fourth-order valence-electron chi connectivity index (χ4n) is 2.91. The van der Waals surface area contributed by atoms with Crippen molar-refractivity contribution in [3.05, 3.63) is 81.2 Å². The van der Waals surface area contributed by atoms with Gasteiger partial charge in [-0.1, -0.05) is 48.9 Å². The molecule has 1 N–H and O–H groups in total. The molecular weight excluding hydrogens is 362 g/mol. The molecule has 0 spiro atoms. The zero-order chi connectivity index (χ0) is 19.4. The second-order valence-electron chi connectivity index (χ2n) is 6.21. The monoisotopic (exact) mass is 381 g/mol. The van der Waals surface area contributed by atoms with Gasteiger partial charge in [0.15, 0.2) is 0 Å². The number of hydrogen-bond acceptors (Lipinski definition) is 3. The van der Waals surface area contributed by atoms with E-state index < -0.39 is 0 Å². The Hall–Kier alpha value is -2.92. The highest BCUT2D eigenvalue weighted by Crippen LogP contribution is 2.21. The number of nitrogens with one attached hydrogen (secondary N) is 1. The molecule has 6 heteroatoms. The summed E-state index contributed by atoms with van der Waals surface area (Å²) in [7, 11) is 0. The first-order valence-electron chi connectivity index (χ1n) is 8.70. The molecule has 1 amide bonds. The summed E-state index contributed by atoms with van der Waals surface area (Å²) in [5.74, 6) is 0.133. The molecule has 0 saturated carbocycles. The first kappa shape index (κ1) is 18.9. The van der Waals surface area contributed by atoms with Gasteiger partial charge in [-0.25, -0.2) is 4.98 Å². The molecule has 1 heterocycles. The zero-order valence-corrected chi connectivity index (χ0v) is 16.0. The molecule has 0 saturated heterocycles. The molecule has 3 aromatic rings. The lowest BCUT2D eigenvalue weighted by molar-refractivity contribution is -0.116. The van der Waals surface area contributed by atoms with Crippen molar-refractivity contribution in [2.24, 2.45) is 0 Å². The maximum Gasteiger partial charge on any atom is 0.254 e. The molecule has 0 aliphatic heterocycles. The number of rotatable bonds is 5. The van der Waals surface area contributed by atoms with E-state index >= 15 is 0 Å². The number of para-hydroxylation sites is 1. The predicted molar refractivity (Wildman–Crippen MR) is 108 cm³/mol. The van der Waals surface area contributed by atoms with Crippen LogP contribution < -0.4 is 10.9 Å². The Morgan fingerprint density at radius 1 is 1.15 bits per heavy atom. The molecule has 0 bridgehead atoms. The highest BCUT2D eigenvalue weighted by atomic mass is 35.5. The molecule has 0 atom stereocenters. The minimum atomic E-state index is -0.285. The number of aromatic nitrogens is 2. The Morgan fingerprint density at radius 3 is 2.67 bits per heavy atom. The van der Waals surface area contributed by atoms with E-state index in [-0.39, 0.29) is 18.0 Å². The topological polar surface area (TPSA) is 64.0 Å². The van der Waals surface area contributed by atoms with Gasteiger partial charge in [0.25, 0.3) is 5.56 Å². The predicted octanol–water partition coefficient (Wildman–Crippen LogP) is 4.07. The lowest BCUT2D eigenvalue weighted by Crippen LogP contribution is -2.29. The highest BCUT2D eigenvalue weighted by molar-refractivity contribution is 6.30. The van der Waals surface area contributed by atoms with Crippen LogP contribution in [0.5, 0.6) is 0 Å². The van der Waals surface area contributed by atoms with Gasteiger partial charge >= 0.3 is 0 Å². The summed E-state index contributed by atoms with van der Waals surface area (Å²) in [6, 6.07) is 16.1. The largest absolute Gasteiger partial charge is 0.324 e. The van der Waals surface area contributed by atoms with Crippen LogP contribution >= 0.6 is 11.6 Å². The van der Waals surface area contributed by atoms with Crippen molar-refractivity contribution in [1.82, 2.24) is 9.55 Å². The van der Waals surface area contributed by atoms with Gasteiger partial charge in [-0.2, -0.15) is 0 Å². The van der Waals surface area contributed by atoms with Gasteiger partial charge in [-0.05, 0) is 37.1 Å². The average Bonchev–Trinajstić information content (AvgIpc) is 2.64. The number of hydrogen-bond donors (Lipinski definition) is 1. The van der Waals surface area contributed by atoms with E-state index in [1.165, 1.54) is 10.6 Å². The summed E-state index contributed by atoms with van der Waals surface area (Å²) in [5.41, 5.74) is 2.78. The van der Waals surface area contributed by atoms with Gasteiger partial charge < -0.3 is 5.32 Å². The third-order valence-corrected chi connectivity index (χ3v) is 4.43. The van der Waals surface area contributed by atoms with Crippen LogP contribution in [0.1, 0.15) is 18.2 Å². The summed E-state index contributed by atoms with van der Waals surface area (Å²) in [4.78, 5) is 29.6. The van der Waals surface area contributed by atoms with Crippen molar-refractivity contribution in [3.63, 3.8) is 0 Å². The van der Waals surface area contributed by atoms with Gasteiger partial charge in [-0.15, -0.1) is 0 Å². The lowest BCUT2D eigenvalue weighted by atomic mass is 10.1. The Labute approximate surface area is 162 Å². The number of benzene rings is 2. The highest BCUT2D eigenvalue weighted by Gasteiger charge is 2.14. The first-order chi connectivity index (χ1) is 13.0. The Balaban J connectivity index is 1.95. The number of amides is 1. The second kappa shape index (κ2) is 8.18. The molecule has 27 heavy (non-hydrogen) atoms. The van der Waals surface area contributed by atoms with Crippen LogP contribution in [0.25, 0.3) is 11.4 Å². The maximum atomic E-state index is 12.6. The number of carbonyl (C=O) groups excluding carboxylic acids is 1. The van der Waals surface area contributed by atoms with Crippen LogP contribution in [0.15, 0.2) is 59.4 Å². The van der Waals surface area contributed by atoms with E-state index in [9.17, 15) is 9.59 Å². The van der Waals surface area contributed by atoms with E-state index in [4.69, 9.17) is 11.6 Å². The Bertz CT molecular complexity index is 1040. The van der Waals surface area contributed by atoms with Crippen LogP contribution in [0.3, 0.4) is 0 Å². The van der Waals surface area contributed by atoms with Crippen LogP contribution in [-0.2, 0) is 17.8 Å². The molecule has 138 valence electrons. The van der Waals surface area contributed by atoms with Crippen LogP contribution in [0.2, 0.25) is 5.02 Å². The summed E-state index contributed by atoms with van der Waals surface area (Å²) in [6.07, 6.45) is 0.802. The molecule has 0 unspecified atom stereocenters. The van der Waals surface area contributed by atoms with Crippen molar-refractivity contribution < 1.29 is 4.79 Å². The van der Waals surface area contributed by atoms with E-state index in [1.807, 2.05) is 37.3 Å². The van der Waals surface area contributed by atoms with E-state index in [2.05, 4.69) is 10.3 Å². The van der Waals surface area contributed by atoms with Gasteiger partial charge in [0.05, 0.1) is 0 Å². The molecule has 0 radical (unpaired) electrons. The molecule has 1 aromatic heterocycles. The second-order valence-corrected chi connectivity index (χ2v) is 6.65. The summed E-state index contributed by atoms with van der Waals surface area (Å²) in [5, 5.41) is 3.43. The summed E-state index contributed by atoms with van der Waals surface area (Å²) in [6.45, 7) is 3.64. The van der Waals surface area contributed by atoms with Gasteiger partial charge in [-0.3, -0.25) is 14.2 Å². The lowest BCUT2D eigenvalue weighted by Gasteiger charge is -2.14. The molecule has 5 nitrogen and oxygen atoms in total. The van der Waals surface area contributed by atoms with E-state index in [0.29, 0.717) is 22.1 Å². The minimum Gasteiger partial charge on any atom is -0.324 e. The summed E-state index contributed by atoms with van der Waals surface area (Å²) >= 11 is 6.08. The van der Waals surface area contributed by atoms with Gasteiger partial charge in [0.2, 0.25) is 5.91 Å². The van der Waals surface area contributed by atoms with Gasteiger partial charge in [0.1, 0.15) is 12.4 Å². The molecule has 0 aliphatic rings. The fraction of sp³-hybridized carbons (Fsp3) is 0.190. The fourth-order valence-corrected chi connectivity index (χ4v) is 3.10. The Kier molecular flexibility index (Phi) is 5.72. The maximum absolute atomic E-state index is 12.6. The van der Waals surface area contributed by atoms with Crippen molar-refractivity contribution in [2.45, 2.75) is 26.8 Å². The smallest absolute Gasteiger partial charge is 0.254 e. The third kappa shape index (κ3) is 4.44. The van der Waals surface area contributed by atoms with Crippen molar-refractivity contribution in [2.75, 3.05) is 5.32 Å². The van der Waals surface area contributed by atoms with E-state index in [1.54, 1.807) is 25.1 Å². The molecule has 0 aliphatic carbocycles. The minimum absolute atomic E-state index is 0.133. The summed E-state index contributed by atoms with van der Waals surface area (Å²) < 4.78 is 1.36. The molecule has 0 fully saturated rings. The first-order valence-corrected chi connectivity index (χ1v) is 9.08. The van der Waals surface area contributed by atoms with Crippen LogP contribution in [-0.4, -0.2) is 15.5 Å². The molecule has 3 rings (SSSR count). The van der Waals surface area contributed by atoms with Crippen molar-refractivity contribution >= 4 is 23.2 Å². The third-order valence-electron chi connectivity index (χ3n) is 4.19. The van der Waals surface area contributed by atoms with Crippen molar-refractivity contribution in [3.8, 4) is 11.4 Å². The normalized spacial score (nSPS) is 10.6. The number of halogens is 1. The van der Waals surface area contributed by atoms with Crippen LogP contribution in [0.4, 0.5) is 5.69 Å². The van der Waals surface area contributed by atoms with E-state index in [0.717, 1.165) is 17.7 Å². The Morgan fingerprint density at radius 2 is 1.93 bits per heavy atom. The zero-order valence-electron chi connectivity index (χ0n) is 15.2. The molecule has 2 aromatic carbocycles. The van der Waals surface area contributed by atoms with Crippen molar-refractivity contribution in [1.29, 1.82) is 0 Å². The number of nitrogens with zero attached hydrogens (tertiary/aromatic N) is 2. The quantitative estimate of drug-likeness (QED) is 0.724. The standard InChI is InChI=1S/C21H20ClN3O2/c1-3-15-7-4-5-10-18(15)24-19(26)13-25-20(27)11-14(2)23-21(25)16-8-6-9-17(22)12-16/h4-12H,3,13H2,1-2H3,(H,24,26). The average molecular weight is 382 g/mol. The van der Waals surface area contributed by atoms with Gasteiger partial charge in [0, 0.05) is 28.0 Å². The van der Waals surface area contributed by atoms with Crippen LogP contribution in [0, 0.1) is 6.92 Å². The number of carbonyl (C=O) groups is 1.